The second-order valence-electron chi connectivity index (χ2n) is 4.72. The van der Waals surface area contributed by atoms with Crippen molar-refractivity contribution in [2.45, 2.75) is 52.0 Å². The van der Waals surface area contributed by atoms with Crippen LogP contribution in [0.4, 0.5) is 0 Å². The number of rotatable bonds is 4. The van der Waals surface area contributed by atoms with E-state index in [0.29, 0.717) is 11.0 Å². The summed E-state index contributed by atoms with van der Waals surface area (Å²) >= 11 is 0. The molecule has 1 nitrogen and oxygen atoms in total. The van der Waals surface area contributed by atoms with E-state index in [1.54, 1.807) is 0 Å². The van der Waals surface area contributed by atoms with E-state index in [2.05, 4.69) is 33.1 Å². The fourth-order valence-electron chi connectivity index (χ4n) is 1.71. The molecule has 1 aliphatic carbocycles. The Hall–Kier alpha value is -0.0400. The zero-order valence-corrected chi connectivity index (χ0v) is 8.33. The average Bonchev–Trinajstić information content (AvgIpc) is 2.69. The topological polar surface area (TPSA) is 12.0 Å². The molecule has 0 atom stereocenters. The number of hydrogen-bond acceptors (Lipinski definition) is 1. The molecule has 1 heteroatoms. The van der Waals surface area contributed by atoms with Crippen LogP contribution in [0.25, 0.3) is 0 Å². The third-order valence-electron chi connectivity index (χ3n) is 3.16. The van der Waals surface area contributed by atoms with Gasteiger partial charge in [0.2, 0.25) is 0 Å². The van der Waals surface area contributed by atoms with Crippen molar-refractivity contribution in [3.8, 4) is 0 Å². The van der Waals surface area contributed by atoms with Gasteiger partial charge in [-0.3, -0.25) is 0 Å². The molecule has 0 amide bonds. The molecule has 0 aromatic rings. The Morgan fingerprint density at radius 3 is 2.18 bits per heavy atom. The number of hydrogen-bond donors (Lipinski definition) is 1. The van der Waals surface area contributed by atoms with Crippen LogP contribution in [0.2, 0.25) is 0 Å². The van der Waals surface area contributed by atoms with Crippen LogP contribution < -0.4 is 5.32 Å². The van der Waals surface area contributed by atoms with Gasteiger partial charge in [0.15, 0.2) is 0 Å². The van der Waals surface area contributed by atoms with Crippen LogP contribution in [-0.4, -0.2) is 12.6 Å². The van der Waals surface area contributed by atoms with Crippen molar-refractivity contribution in [1.82, 2.24) is 5.32 Å². The first-order chi connectivity index (χ1) is 5.04. The van der Waals surface area contributed by atoms with Gasteiger partial charge in [0, 0.05) is 5.54 Å². The van der Waals surface area contributed by atoms with Crippen molar-refractivity contribution < 1.29 is 0 Å². The van der Waals surface area contributed by atoms with Gasteiger partial charge in [-0.1, -0.05) is 27.2 Å². The molecule has 1 rings (SSSR count). The predicted molar refractivity (Wildman–Crippen MR) is 49.7 cm³/mol. The lowest BCUT2D eigenvalue weighted by molar-refractivity contribution is 0.266. The summed E-state index contributed by atoms with van der Waals surface area (Å²) in [7, 11) is 2.10. The van der Waals surface area contributed by atoms with Crippen molar-refractivity contribution >= 4 is 0 Å². The summed E-state index contributed by atoms with van der Waals surface area (Å²) in [4.78, 5) is 0. The summed E-state index contributed by atoms with van der Waals surface area (Å²) in [5.41, 5.74) is 1.05. The highest BCUT2D eigenvalue weighted by Gasteiger charge is 2.44. The molecular formula is C10H21N. The summed E-state index contributed by atoms with van der Waals surface area (Å²) in [5.74, 6) is 0. The number of nitrogens with one attached hydrogen (secondary N) is 1. The van der Waals surface area contributed by atoms with E-state index in [4.69, 9.17) is 0 Å². The zero-order valence-electron chi connectivity index (χ0n) is 8.33. The quantitative estimate of drug-likeness (QED) is 0.658. The SMILES string of the molecule is CCC(C)(C)CC1(NC)CC1. The molecular weight excluding hydrogens is 134 g/mol. The standard InChI is InChI=1S/C10H21N/c1-5-9(2,3)8-10(11-4)6-7-10/h11H,5-8H2,1-4H3. The molecule has 0 aliphatic heterocycles. The fraction of sp³-hybridized carbons (Fsp3) is 1.00. The Morgan fingerprint density at radius 2 is 1.91 bits per heavy atom. The normalized spacial score (nSPS) is 21.8. The monoisotopic (exact) mass is 155 g/mol. The van der Waals surface area contributed by atoms with E-state index in [-0.39, 0.29) is 0 Å². The molecule has 0 heterocycles. The van der Waals surface area contributed by atoms with Gasteiger partial charge in [-0.05, 0) is 31.7 Å². The van der Waals surface area contributed by atoms with Crippen LogP contribution in [0.3, 0.4) is 0 Å². The minimum atomic E-state index is 0.527. The van der Waals surface area contributed by atoms with Crippen molar-refractivity contribution in [3.05, 3.63) is 0 Å². The van der Waals surface area contributed by atoms with Crippen molar-refractivity contribution in [3.63, 3.8) is 0 Å². The molecule has 0 unspecified atom stereocenters. The van der Waals surface area contributed by atoms with Crippen LogP contribution >= 0.6 is 0 Å². The molecule has 0 radical (unpaired) electrons. The fourth-order valence-corrected chi connectivity index (χ4v) is 1.71. The van der Waals surface area contributed by atoms with E-state index < -0.39 is 0 Å². The lowest BCUT2D eigenvalue weighted by Gasteiger charge is -2.28. The van der Waals surface area contributed by atoms with Crippen LogP contribution in [0, 0.1) is 5.41 Å². The minimum absolute atomic E-state index is 0.527. The van der Waals surface area contributed by atoms with Gasteiger partial charge in [-0.25, -0.2) is 0 Å². The molecule has 0 bridgehead atoms. The highest BCUT2D eigenvalue weighted by molar-refractivity contribution is 5.03. The van der Waals surface area contributed by atoms with Gasteiger partial charge in [-0.2, -0.15) is 0 Å². The van der Waals surface area contributed by atoms with Crippen LogP contribution in [-0.2, 0) is 0 Å². The first kappa shape index (κ1) is 9.05. The van der Waals surface area contributed by atoms with E-state index in [1.165, 1.54) is 25.7 Å². The third-order valence-corrected chi connectivity index (χ3v) is 3.16. The highest BCUT2D eigenvalue weighted by Crippen LogP contribution is 2.45. The smallest absolute Gasteiger partial charge is 0.0185 e. The van der Waals surface area contributed by atoms with Crippen molar-refractivity contribution in [2.24, 2.45) is 5.41 Å². The second kappa shape index (κ2) is 2.78. The third kappa shape index (κ3) is 2.19. The first-order valence-electron chi connectivity index (χ1n) is 4.72. The van der Waals surface area contributed by atoms with Crippen LogP contribution in [0.5, 0.6) is 0 Å². The predicted octanol–water partition coefficient (Wildman–Crippen LogP) is 2.56. The van der Waals surface area contributed by atoms with E-state index >= 15 is 0 Å². The van der Waals surface area contributed by atoms with Gasteiger partial charge >= 0.3 is 0 Å². The lowest BCUT2D eigenvalue weighted by atomic mass is 9.82. The maximum absolute atomic E-state index is 3.44. The Balaban J connectivity index is 2.41. The van der Waals surface area contributed by atoms with Crippen molar-refractivity contribution in [1.29, 1.82) is 0 Å². The van der Waals surface area contributed by atoms with Crippen molar-refractivity contribution in [2.75, 3.05) is 7.05 Å². The summed E-state index contributed by atoms with van der Waals surface area (Å²) in [5, 5.41) is 3.44. The van der Waals surface area contributed by atoms with Gasteiger partial charge in [-0.15, -0.1) is 0 Å². The molecule has 0 saturated heterocycles. The van der Waals surface area contributed by atoms with E-state index in [1.807, 2.05) is 0 Å². The molecule has 11 heavy (non-hydrogen) atoms. The van der Waals surface area contributed by atoms with Gasteiger partial charge in [0.05, 0.1) is 0 Å². The lowest BCUT2D eigenvalue weighted by Crippen LogP contribution is -2.32. The minimum Gasteiger partial charge on any atom is -0.314 e. The second-order valence-corrected chi connectivity index (χ2v) is 4.72. The largest absolute Gasteiger partial charge is 0.314 e. The Labute approximate surface area is 70.6 Å². The summed E-state index contributed by atoms with van der Waals surface area (Å²) < 4.78 is 0. The average molecular weight is 155 g/mol. The molecule has 1 N–H and O–H groups in total. The van der Waals surface area contributed by atoms with E-state index in [0.717, 1.165) is 0 Å². The Morgan fingerprint density at radius 1 is 1.36 bits per heavy atom. The van der Waals surface area contributed by atoms with Gasteiger partial charge in [0.1, 0.15) is 0 Å². The summed E-state index contributed by atoms with van der Waals surface area (Å²) in [6, 6.07) is 0. The molecule has 1 fully saturated rings. The van der Waals surface area contributed by atoms with Gasteiger partial charge < -0.3 is 5.32 Å². The summed E-state index contributed by atoms with van der Waals surface area (Å²) in [6.45, 7) is 7.01. The van der Waals surface area contributed by atoms with Crippen LogP contribution in [0.15, 0.2) is 0 Å². The summed E-state index contributed by atoms with van der Waals surface area (Å²) in [6.07, 6.45) is 5.39. The maximum Gasteiger partial charge on any atom is 0.0185 e. The first-order valence-corrected chi connectivity index (χ1v) is 4.72. The van der Waals surface area contributed by atoms with E-state index in [9.17, 15) is 0 Å². The molecule has 66 valence electrons. The Kier molecular flexibility index (Phi) is 2.29. The Bertz CT molecular complexity index is 130. The molecule has 0 aromatic carbocycles. The molecule has 1 saturated carbocycles. The molecule has 0 spiro atoms. The maximum atomic E-state index is 3.44. The molecule has 0 aromatic heterocycles. The van der Waals surface area contributed by atoms with Crippen LogP contribution in [0.1, 0.15) is 46.5 Å². The highest BCUT2D eigenvalue weighted by atomic mass is 15.0. The molecule has 1 aliphatic rings. The van der Waals surface area contributed by atoms with Gasteiger partial charge in [0.25, 0.3) is 0 Å². The zero-order chi connectivity index (χ0) is 8.54.